The van der Waals surface area contributed by atoms with Crippen molar-refractivity contribution in [1.82, 2.24) is 0 Å². The summed E-state index contributed by atoms with van der Waals surface area (Å²) in [7, 11) is 0. The Labute approximate surface area is 83.5 Å². The van der Waals surface area contributed by atoms with Crippen molar-refractivity contribution >= 4 is 0 Å². The van der Waals surface area contributed by atoms with Gasteiger partial charge in [-0.25, -0.2) is 5.11 Å². The smallest absolute Gasteiger partial charge is 0.0822 e. The second-order valence-corrected chi connectivity index (χ2v) is 3.69. The fourth-order valence-corrected chi connectivity index (χ4v) is 1.43. The van der Waals surface area contributed by atoms with Crippen LogP contribution >= 0.6 is 0 Å². The van der Waals surface area contributed by atoms with E-state index < -0.39 is 0 Å². The summed E-state index contributed by atoms with van der Waals surface area (Å²) in [5.74, 6) is 0. The van der Waals surface area contributed by atoms with Gasteiger partial charge >= 0.3 is 0 Å². The maximum absolute atomic E-state index is 10.1. The summed E-state index contributed by atoms with van der Waals surface area (Å²) in [5, 5.41) is 10.1. The highest BCUT2D eigenvalue weighted by molar-refractivity contribution is 4.64. The number of hydrogen-bond donors (Lipinski definition) is 0. The minimum Gasteiger partial charge on any atom is -0.237 e. The lowest BCUT2D eigenvalue weighted by Gasteiger charge is -2.00. The van der Waals surface area contributed by atoms with Crippen molar-refractivity contribution in [3.8, 4) is 0 Å². The molecule has 1 heteroatoms. The van der Waals surface area contributed by atoms with E-state index in [4.69, 9.17) is 0 Å². The number of unbranched alkanes of at least 4 members (excludes halogenated alkanes) is 9. The summed E-state index contributed by atoms with van der Waals surface area (Å²) in [6.45, 7) is 2.35. The molecule has 0 N–H and O–H groups in total. The highest BCUT2D eigenvalue weighted by Crippen LogP contribution is 2.09. The molecule has 1 nitrogen and oxygen atoms in total. The third kappa shape index (κ3) is 12.0. The van der Waals surface area contributed by atoms with Crippen molar-refractivity contribution in [3.63, 3.8) is 0 Å². The second kappa shape index (κ2) is 12.0. The first-order valence-corrected chi connectivity index (χ1v) is 5.81. The van der Waals surface area contributed by atoms with E-state index in [1.165, 1.54) is 44.9 Å². The molecule has 0 fully saturated rings. The normalized spacial score (nSPS) is 10.6. The van der Waals surface area contributed by atoms with Crippen molar-refractivity contribution in [1.29, 1.82) is 0 Å². The van der Waals surface area contributed by atoms with Crippen LogP contribution in [-0.2, 0) is 5.11 Å². The van der Waals surface area contributed by atoms with Crippen LogP contribution in [0.25, 0.3) is 0 Å². The molecule has 0 amide bonds. The minimum absolute atomic E-state index is 0.108. The van der Waals surface area contributed by atoms with Crippen LogP contribution in [0.5, 0.6) is 0 Å². The van der Waals surface area contributed by atoms with Crippen molar-refractivity contribution in [2.75, 3.05) is 6.61 Å². The predicted octanol–water partition coefficient (Wildman–Crippen LogP) is 4.15. The predicted molar refractivity (Wildman–Crippen MR) is 57.1 cm³/mol. The molecule has 2 radical (unpaired) electrons. The lowest BCUT2D eigenvalue weighted by molar-refractivity contribution is 0.186. The molecule has 0 saturated heterocycles. The van der Waals surface area contributed by atoms with E-state index in [9.17, 15) is 5.11 Å². The molecule has 0 aliphatic carbocycles. The molecular weight excluding hydrogens is 160 g/mol. The molecule has 0 bridgehead atoms. The van der Waals surface area contributed by atoms with Gasteiger partial charge in [0.1, 0.15) is 0 Å². The van der Waals surface area contributed by atoms with Gasteiger partial charge in [0.05, 0.1) is 6.61 Å². The Hall–Kier alpha value is -0.0400. The van der Waals surface area contributed by atoms with Gasteiger partial charge in [-0.05, 0) is 12.8 Å². The Morgan fingerprint density at radius 2 is 1.46 bits per heavy atom. The van der Waals surface area contributed by atoms with Gasteiger partial charge in [-0.1, -0.05) is 58.3 Å². The molecule has 78 valence electrons. The van der Waals surface area contributed by atoms with Gasteiger partial charge in [-0.3, -0.25) is 0 Å². The van der Waals surface area contributed by atoms with Crippen LogP contribution in [-0.4, -0.2) is 6.61 Å². The Balaban J connectivity index is 2.76. The zero-order valence-corrected chi connectivity index (χ0v) is 9.06. The molecule has 0 heterocycles. The fraction of sp³-hybridized carbons (Fsp3) is 0.917. The van der Waals surface area contributed by atoms with Gasteiger partial charge in [0, 0.05) is 0 Å². The lowest BCUT2D eigenvalue weighted by atomic mass is 10.1. The van der Waals surface area contributed by atoms with E-state index in [-0.39, 0.29) is 6.61 Å². The van der Waals surface area contributed by atoms with Crippen LogP contribution in [0.2, 0.25) is 0 Å². The molecule has 0 spiro atoms. The first-order valence-electron chi connectivity index (χ1n) is 5.81. The molecule has 13 heavy (non-hydrogen) atoms. The van der Waals surface area contributed by atoms with Gasteiger partial charge in [0.15, 0.2) is 0 Å². The SMILES string of the molecule is CCCCCC[CH]CCCCC[O]. The second-order valence-electron chi connectivity index (χ2n) is 3.69. The molecule has 0 aromatic rings. The highest BCUT2D eigenvalue weighted by atomic mass is 16.2. The third-order valence-electron chi connectivity index (χ3n) is 2.31. The van der Waals surface area contributed by atoms with Gasteiger partial charge in [-0.2, -0.15) is 0 Å². The van der Waals surface area contributed by atoms with E-state index in [2.05, 4.69) is 13.3 Å². The molecule has 0 unspecified atom stereocenters. The van der Waals surface area contributed by atoms with Gasteiger partial charge in [0.25, 0.3) is 0 Å². The standard InChI is InChI=1S/C12H24O/c1-2-3-4-5-6-7-8-9-10-11-12-13/h7H,2-6,8-12H2,1H3. The number of rotatable bonds is 10. The Kier molecular flexibility index (Phi) is 11.9. The van der Waals surface area contributed by atoms with Crippen LogP contribution in [0.4, 0.5) is 0 Å². The van der Waals surface area contributed by atoms with Crippen LogP contribution in [0.15, 0.2) is 0 Å². The van der Waals surface area contributed by atoms with Crippen molar-refractivity contribution < 1.29 is 5.11 Å². The quantitative estimate of drug-likeness (QED) is 0.454. The first-order chi connectivity index (χ1) is 6.41. The number of hydrogen-bond acceptors (Lipinski definition) is 0. The van der Waals surface area contributed by atoms with Crippen LogP contribution in [0.1, 0.15) is 64.7 Å². The topological polar surface area (TPSA) is 19.9 Å². The average Bonchev–Trinajstić information content (AvgIpc) is 2.16. The van der Waals surface area contributed by atoms with Crippen LogP contribution in [0.3, 0.4) is 0 Å². The molecule has 0 saturated carbocycles. The van der Waals surface area contributed by atoms with Crippen molar-refractivity contribution in [2.45, 2.75) is 64.7 Å². The summed E-state index contributed by atoms with van der Waals surface area (Å²) in [6, 6.07) is 0. The third-order valence-corrected chi connectivity index (χ3v) is 2.31. The molecule has 0 aliphatic rings. The first kappa shape index (κ1) is 13.0. The summed E-state index contributed by atoms with van der Waals surface area (Å²) in [4.78, 5) is 0. The average molecular weight is 184 g/mol. The van der Waals surface area contributed by atoms with E-state index in [0.717, 1.165) is 12.8 Å². The molecule has 0 aliphatic heterocycles. The summed E-state index contributed by atoms with van der Waals surface area (Å²) >= 11 is 0. The van der Waals surface area contributed by atoms with E-state index in [0.29, 0.717) is 0 Å². The molecule has 0 atom stereocenters. The zero-order valence-electron chi connectivity index (χ0n) is 9.06. The largest absolute Gasteiger partial charge is 0.237 e. The van der Waals surface area contributed by atoms with Crippen LogP contribution < -0.4 is 0 Å². The van der Waals surface area contributed by atoms with Crippen molar-refractivity contribution in [2.24, 2.45) is 0 Å². The van der Waals surface area contributed by atoms with Gasteiger partial charge in [0.2, 0.25) is 0 Å². The highest BCUT2D eigenvalue weighted by Gasteiger charge is 1.91. The summed E-state index contributed by atoms with van der Waals surface area (Å²) in [6.07, 6.45) is 13.5. The van der Waals surface area contributed by atoms with E-state index >= 15 is 0 Å². The molecule has 0 aromatic heterocycles. The maximum atomic E-state index is 10.1. The van der Waals surface area contributed by atoms with Crippen molar-refractivity contribution in [3.05, 3.63) is 6.42 Å². The lowest BCUT2D eigenvalue weighted by Crippen LogP contribution is -1.84. The minimum atomic E-state index is 0.108. The van der Waals surface area contributed by atoms with E-state index in [1.54, 1.807) is 0 Å². The van der Waals surface area contributed by atoms with Crippen LogP contribution in [0, 0.1) is 6.42 Å². The fourth-order valence-electron chi connectivity index (χ4n) is 1.43. The molecule has 0 aromatic carbocycles. The zero-order chi connectivity index (χ0) is 9.78. The monoisotopic (exact) mass is 184 g/mol. The van der Waals surface area contributed by atoms with Gasteiger partial charge < -0.3 is 0 Å². The van der Waals surface area contributed by atoms with E-state index in [1.807, 2.05) is 0 Å². The maximum Gasteiger partial charge on any atom is 0.0822 e. The van der Waals surface area contributed by atoms with Gasteiger partial charge in [-0.15, -0.1) is 0 Å². The Morgan fingerprint density at radius 3 is 2.00 bits per heavy atom. The summed E-state index contributed by atoms with van der Waals surface area (Å²) < 4.78 is 0. The molecular formula is C12H24O. The Bertz CT molecular complexity index is 71.2. The Morgan fingerprint density at radius 1 is 0.846 bits per heavy atom. The molecule has 0 rings (SSSR count). The summed E-state index contributed by atoms with van der Waals surface area (Å²) in [5.41, 5.74) is 0.